The molecule has 0 unspecified atom stereocenters. The average Bonchev–Trinajstić information content (AvgIpc) is 2.51. The number of carbonyl (C=O) groups is 1. The summed E-state index contributed by atoms with van der Waals surface area (Å²) in [7, 11) is 0.779. The summed E-state index contributed by atoms with van der Waals surface area (Å²) in [5, 5.41) is 0.709. The van der Waals surface area contributed by atoms with Crippen LogP contribution in [0.4, 0.5) is 10.2 Å². The van der Waals surface area contributed by atoms with Crippen molar-refractivity contribution < 1.29 is 18.7 Å². The number of benzene rings is 1. The van der Waals surface area contributed by atoms with E-state index in [4.69, 9.17) is 10.5 Å². The van der Waals surface area contributed by atoms with E-state index >= 15 is 0 Å². The second-order valence-corrected chi connectivity index (χ2v) is 11.3. The number of hydrogen-bond donors (Lipinski definition) is 1. The van der Waals surface area contributed by atoms with E-state index in [0.717, 1.165) is 0 Å². The van der Waals surface area contributed by atoms with Crippen LogP contribution >= 0.6 is 0 Å². The normalized spacial score (nSPS) is 11.2. The summed E-state index contributed by atoms with van der Waals surface area (Å²) in [5.74, 6) is -0.872. The van der Waals surface area contributed by atoms with Crippen LogP contribution in [0.1, 0.15) is 10.5 Å². The number of esters is 1. The lowest BCUT2D eigenvalue weighted by Crippen LogP contribution is -2.39. The van der Waals surface area contributed by atoms with Crippen LogP contribution in [0.25, 0.3) is 11.4 Å². The molecule has 1 heterocycles. The van der Waals surface area contributed by atoms with Crippen LogP contribution in [-0.4, -0.2) is 38.2 Å². The summed E-state index contributed by atoms with van der Waals surface area (Å²) in [4.78, 5) is 20.1. The number of ether oxygens (including phenoxy) is 2. The Hall–Kier alpha value is -2.48. The molecule has 0 bridgehead atoms. The Morgan fingerprint density at radius 1 is 1.21 bits per heavy atom. The Kier molecular flexibility index (Phi) is 4.88. The van der Waals surface area contributed by atoms with Crippen molar-refractivity contribution in [3.63, 3.8) is 0 Å². The molecule has 0 aliphatic heterocycles. The van der Waals surface area contributed by atoms with E-state index in [0.29, 0.717) is 10.8 Å². The van der Waals surface area contributed by atoms with Gasteiger partial charge in [0.25, 0.3) is 0 Å². The topological polar surface area (TPSA) is 87.3 Å². The van der Waals surface area contributed by atoms with Crippen molar-refractivity contribution in [1.82, 2.24) is 9.97 Å². The summed E-state index contributed by atoms with van der Waals surface area (Å²) >= 11 is 0. The minimum absolute atomic E-state index is 0.0161. The molecule has 6 nitrogen and oxygen atoms in total. The highest BCUT2D eigenvalue weighted by atomic mass is 28.3. The van der Waals surface area contributed by atoms with Crippen LogP contribution in [0, 0.1) is 5.82 Å². The van der Waals surface area contributed by atoms with Gasteiger partial charge in [0.15, 0.2) is 23.1 Å². The molecule has 0 atom stereocenters. The third-order valence-electron chi connectivity index (χ3n) is 3.51. The SMILES string of the molecule is COC(=O)c1nc(-c2ccc([Si](C)(C)C)c(F)c2)nc(N)c1OC. The molecule has 1 aromatic carbocycles. The molecule has 2 rings (SSSR count). The minimum atomic E-state index is -1.80. The number of nitrogens with two attached hydrogens (primary N) is 1. The Morgan fingerprint density at radius 2 is 1.88 bits per heavy atom. The summed E-state index contributed by atoms with van der Waals surface area (Å²) in [6.07, 6.45) is 0. The number of rotatable bonds is 4. The number of nitrogen functional groups attached to an aromatic ring is 1. The van der Waals surface area contributed by atoms with Crippen molar-refractivity contribution in [2.45, 2.75) is 19.6 Å². The predicted octanol–water partition coefficient (Wildman–Crippen LogP) is 2.21. The van der Waals surface area contributed by atoms with Gasteiger partial charge in [-0.1, -0.05) is 31.8 Å². The lowest BCUT2D eigenvalue weighted by atomic mass is 10.2. The van der Waals surface area contributed by atoms with Crippen LogP contribution in [0.15, 0.2) is 18.2 Å². The van der Waals surface area contributed by atoms with Gasteiger partial charge in [0.2, 0.25) is 0 Å². The van der Waals surface area contributed by atoms with E-state index in [1.807, 2.05) is 0 Å². The van der Waals surface area contributed by atoms with Gasteiger partial charge >= 0.3 is 5.97 Å². The molecule has 0 spiro atoms. The van der Waals surface area contributed by atoms with Gasteiger partial charge in [-0.05, 0) is 11.3 Å². The molecule has 0 saturated heterocycles. The Bertz CT molecular complexity index is 791. The smallest absolute Gasteiger partial charge is 0.360 e. The highest BCUT2D eigenvalue weighted by molar-refractivity contribution is 6.88. The lowest BCUT2D eigenvalue weighted by Gasteiger charge is -2.18. The molecule has 0 aliphatic rings. The molecule has 2 N–H and O–H groups in total. The Morgan fingerprint density at radius 3 is 2.38 bits per heavy atom. The van der Waals surface area contributed by atoms with Gasteiger partial charge < -0.3 is 15.2 Å². The molecule has 2 aromatic rings. The fourth-order valence-electron chi connectivity index (χ4n) is 2.30. The maximum Gasteiger partial charge on any atom is 0.360 e. The van der Waals surface area contributed by atoms with Crippen molar-refractivity contribution in [3.8, 4) is 17.1 Å². The van der Waals surface area contributed by atoms with Crippen LogP contribution in [-0.2, 0) is 4.74 Å². The van der Waals surface area contributed by atoms with Crippen LogP contribution in [0.5, 0.6) is 5.75 Å². The zero-order valence-corrected chi connectivity index (χ0v) is 15.3. The highest BCUT2D eigenvalue weighted by Gasteiger charge is 2.23. The number of nitrogens with zero attached hydrogens (tertiary/aromatic N) is 2. The Labute approximate surface area is 140 Å². The third kappa shape index (κ3) is 3.38. The predicted molar refractivity (Wildman–Crippen MR) is 92.7 cm³/mol. The molecule has 8 heteroatoms. The lowest BCUT2D eigenvalue weighted by molar-refractivity contribution is 0.0590. The number of methoxy groups -OCH3 is 2. The van der Waals surface area contributed by atoms with Gasteiger partial charge in [-0.2, -0.15) is 0 Å². The van der Waals surface area contributed by atoms with Crippen LogP contribution in [0.2, 0.25) is 19.6 Å². The van der Waals surface area contributed by atoms with E-state index in [-0.39, 0.29) is 28.9 Å². The van der Waals surface area contributed by atoms with Crippen molar-refractivity contribution >= 4 is 25.0 Å². The van der Waals surface area contributed by atoms with Crippen LogP contribution in [0.3, 0.4) is 0 Å². The van der Waals surface area contributed by atoms with Gasteiger partial charge in [0.05, 0.1) is 22.3 Å². The maximum atomic E-state index is 14.4. The molecule has 1 aromatic heterocycles. The number of hydrogen-bond acceptors (Lipinski definition) is 6. The summed E-state index contributed by atoms with van der Waals surface area (Å²) in [5.41, 5.74) is 6.15. The number of carbonyl (C=O) groups excluding carboxylic acids is 1. The van der Waals surface area contributed by atoms with Gasteiger partial charge in [0, 0.05) is 5.56 Å². The van der Waals surface area contributed by atoms with E-state index in [2.05, 4.69) is 34.3 Å². The molecule has 24 heavy (non-hydrogen) atoms. The quantitative estimate of drug-likeness (QED) is 0.673. The van der Waals surface area contributed by atoms with Gasteiger partial charge in [-0.25, -0.2) is 19.2 Å². The van der Waals surface area contributed by atoms with E-state index in [9.17, 15) is 9.18 Å². The molecule has 0 saturated carbocycles. The first-order valence-electron chi connectivity index (χ1n) is 7.29. The zero-order valence-electron chi connectivity index (χ0n) is 14.3. The maximum absolute atomic E-state index is 14.4. The minimum Gasteiger partial charge on any atom is -0.491 e. The van der Waals surface area contributed by atoms with E-state index in [1.54, 1.807) is 12.1 Å². The fourth-order valence-corrected chi connectivity index (χ4v) is 3.67. The molecule has 0 amide bonds. The molecular formula is C16H20FN3O3Si. The zero-order chi connectivity index (χ0) is 18.1. The molecule has 0 aliphatic carbocycles. The molecule has 128 valence electrons. The van der Waals surface area contributed by atoms with Crippen molar-refractivity contribution in [2.75, 3.05) is 20.0 Å². The Balaban J connectivity index is 2.59. The van der Waals surface area contributed by atoms with Crippen molar-refractivity contribution in [2.24, 2.45) is 0 Å². The highest BCUT2D eigenvalue weighted by Crippen LogP contribution is 2.27. The molecule has 0 fully saturated rings. The van der Waals surface area contributed by atoms with E-state index in [1.165, 1.54) is 20.3 Å². The van der Waals surface area contributed by atoms with Crippen molar-refractivity contribution in [1.29, 1.82) is 0 Å². The first-order valence-corrected chi connectivity index (χ1v) is 10.8. The number of halogens is 1. The number of aromatic nitrogens is 2. The number of anilines is 1. The molecular weight excluding hydrogens is 329 g/mol. The van der Waals surface area contributed by atoms with Gasteiger partial charge in [-0.3, -0.25) is 0 Å². The standard InChI is InChI=1S/C16H20FN3O3Si/c1-22-13-12(16(21)23-2)19-15(20-14(13)18)9-6-7-11(10(17)8-9)24(3,4)5/h6-8H,1-5H3,(H2,18,19,20). The van der Waals surface area contributed by atoms with Crippen molar-refractivity contribution in [3.05, 3.63) is 29.7 Å². The summed E-state index contributed by atoms with van der Waals surface area (Å²) < 4.78 is 24.2. The first kappa shape index (κ1) is 17.9. The monoisotopic (exact) mass is 349 g/mol. The fraction of sp³-hybridized carbons (Fsp3) is 0.312. The van der Waals surface area contributed by atoms with E-state index < -0.39 is 14.0 Å². The van der Waals surface area contributed by atoms with Crippen LogP contribution < -0.4 is 15.7 Å². The summed E-state index contributed by atoms with van der Waals surface area (Å²) in [6, 6.07) is 4.81. The van der Waals surface area contributed by atoms with Gasteiger partial charge in [0.1, 0.15) is 5.82 Å². The largest absolute Gasteiger partial charge is 0.491 e. The third-order valence-corrected chi connectivity index (χ3v) is 5.53. The van der Waals surface area contributed by atoms with Gasteiger partial charge in [-0.15, -0.1) is 0 Å². The second-order valence-electron chi connectivity index (χ2n) is 6.25. The first-order chi connectivity index (χ1) is 11.2. The second kappa shape index (κ2) is 6.56. The average molecular weight is 349 g/mol. The summed E-state index contributed by atoms with van der Waals surface area (Å²) in [6.45, 7) is 6.17. The molecule has 0 radical (unpaired) electrons.